The molecule has 0 unspecified atom stereocenters. The van der Waals surface area contributed by atoms with E-state index in [9.17, 15) is 0 Å². The van der Waals surface area contributed by atoms with E-state index in [4.69, 9.17) is 12.2 Å². The number of hydrogen-bond donors (Lipinski definition) is 2. The van der Waals surface area contributed by atoms with Crippen molar-refractivity contribution in [2.24, 2.45) is 5.10 Å². The molecule has 0 atom stereocenters. The number of nitrogens with zero attached hydrogens (tertiary/aromatic N) is 3. The van der Waals surface area contributed by atoms with Gasteiger partial charge >= 0.3 is 0 Å². The summed E-state index contributed by atoms with van der Waals surface area (Å²) in [5.41, 5.74) is 2.99. The summed E-state index contributed by atoms with van der Waals surface area (Å²) in [6.45, 7) is 0. The van der Waals surface area contributed by atoms with Gasteiger partial charge in [0.2, 0.25) is 4.77 Å². The van der Waals surface area contributed by atoms with E-state index in [0.29, 0.717) is 10.6 Å². The molecule has 0 radical (unpaired) electrons. The molecule has 0 spiro atoms. The number of aromatic nitrogens is 4. The van der Waals surface area contributed by atoms with E-state index >= 15 is 0 Å². The largest absolute Gasteiger partial charge is 0.361 e. The second-order valence-corrected chi connectivity index (χ2v) is 6.51. The summed E-state index contributed by atoms with van der Waals surface area (Å²) in [6, 6.07) is 15.9. The van der Waals surface area contributed by atoms with E-state index in [-0.39, 0.29) is 0 Å². The molecule has 2 heterocycles. The monoisotopic (exact) mass is 397 g/mol. The zero-order valence-corrected chi connectivity index (χ0v) is 14.8. The Morgan fingerprint density at radius 3 is 2.92 bits per heavy atom. The second-order valence-electron chi connectivity index (χ2n) is 5.21. The van der Waals surface area contributed by atoms with Crippen LogP contribution < -0.4 is 0 Å². The molecule has 4 rings (SSSR count). The Balaban J connectivity index is 1.78. The number of halogens is 1. The number of nitrogens with one attached hydrogen (secondary N) is 2. The van der Waals surface area contributed by atoms with Gasteiger partial charge in [0.05, 0.1) is 6.21 Å². The summed E-state index contributed by atoms with van der Waals surface area (Å²) in [5.74, 6) is 0.664. The molecular weight excluding hydrogens is 386 g/mol. The molecule has 0 saturated carbocycles. The minimum Gasteiger partial charge on any atom is -0.361 e. The van der Waals surface area contributed by atoms with Gasteiger partial charge in [-0.2, -0.15) is 14.9 Å². The van der Waals surface area contributed by atoms with E-state index in [1.165, 1.54) is 0 Å². The van der Waals surface area contributed by atoms with Gasteiger partial charge in [-0.25, -0.2) is 5.10 Å². The van der Waals surface area contributed by atoms with Crippen LogP contribution in [0, 0.1) is 4.77 Å². The lowest BCUT2D eigenvalue weighted by Crippen LogP contribution is -1.94. The number of rotatable bonds is 3. The average molecular weight is 398 g/mol. The normalized spacial score (nSPS) is 11.5. The highest BCUT2D eigenvalue weighted by molar-refractivity contribution is 9.10. The molecule has 0 saturated heterocycles. The van der Waals surface area contributed by atoms with Crippen molar-refractivity contribution in [1.29, 1.82) is 0 Å². The minimum atomic E-state index is 0.445. The number of fused-ring (bicyclic) bond motifs is 1. The van der Waals surface area contributed by atoms with E-state index in [1.807, 2.05) is 48.7 Å². The molecule has 0 aliphatic carbocycles. The molecule has 0 bridgehead atoms. The zero-order valence-electron chi connectivity index (χ0n) is 12.4. The van der Waals surface area contributed by atoms with E-state index < -0.39 is 0 Å². The summed E-state index contributed by atoms with van der Waals surface area (Å²) in [6.07, 6.45) is 3.71. The van der Waals surface area contributed by atoms with Crippen LogP contribution in [-0.2, 0) is 0 Å². The first-order chi connectivity index (χ1) is 11.7. The third-order valence-corrected chi connectivity index (χ3v) is 4.42. The molecule has 0 fully saturated rings. The molecule has 5 nitrogen and oxygen atoms in total. The van der Waals surface area contributed by atoms with Gasteiger partial charge in [-0.15, -0.1) is 0 Å². The predicted molar refractivity (Wildman–Crippen MR) is 102 cm³/mol. The van der Waals surface area contributed by atoms with E-state index in [0.717, 1.165) is 26.5 Å². The van der Waals surface area contributed by atoms with Crippen molar-refractivity contribution in [3.8, 4) is 11.4 Å². The maximum Gasteiger partial charge on any atom is 0.216 e. The van der Waals surface area contributed by atoms with Crippen molar-refractivity contribution in [2.75, 3.05) is 0 Å². The Hall–Kier alpha value is -2.51. The maximum absolute atomic E-state index is 5.31. The van der Waals surface area contributed by atoms with Gasteiger partial charge in [0, 0.05) is 32.7 Å². The van der Waals surface area contributed by atoms with E-state index in [2.05, 4.69) is 42.3 Å². The molecule has 24 heavy (non-hydrogen) atoms. The molecule has 7 heteroatoms. The Morgan fingerprint density at radius 1 is 1.17 bits per heavy atom. The lowest BCUT2D eigenvalue weighted by atomic mass is 10.2. The van der Waals surface area contributed by atoms with Crippen molar-refractivity contribution in [3.63, 3.8) is 0 Å². The Labute approximate surface area is 151 Å². The summed E-state index contributed by atoms with van der Waals surface area (Å²) >= 11 is 8.78. The van der Waals surface area contributed by atoms with Gasteiger partial charge in [-0.3, -0.25) is 0 Å². The SMILES string of the molecule is S=c1[nH]nc(-c2cccc(Br)c2)n1/N=C/c1c[nH]c2ccccc12. The van der Waals surface area contributed by atoms with Gasteiger partial charge in [0.25, 0.3) is 0 Å². The smallest absolute Gasteiger partial charge is 0.216 e. The van der Waals surface area contributed by atoms with Gasteiger partial charge in [0.15, 0.2) is 5.82 Å². The number of hydrogen-bond acceptors (Lipinski definition) is 3. The van der Waals surface area contributed by atoms with Crippen LogP contribution in [0.1, 0.15) is 5.56 Å². The summed E-state index contributed by atoms with van der Waals surface area (Å²) < 4.78 is 3.04. The predicted octanol–water partition coefficient (Wildman–Crippen LogP) is 4.73. The fourth-order valence-electron chi connectivity index (χ4n) is 2.53. The van der Waals surface area contributed by atoms with Gasteiger partial charge in [-0.1, -0.05) is 46.3 Å². The Bertz CT molecular complexity index is 1110. The van der Waals surface area contributed by atoms with Crippen molar-refractivity contribution >= 4 is 45.3 Å². The van der Waals surface area contributed by atoms with Crippen molar-refractivity contribution in [3.05, 3.63) is 69.5 Å². The molecule has 2 aromatic carbocycles. The standard InChI is InChI=1S/C17H12BrN5S/c18-13-5-3-4-11(8-13)16-21-22-17(24)23(16)20-10-12-9-19-15-7-2-1-6-14(12)15/h1-10,19H,(H,22,24)/b20-10+. The topological polar surface area (TPSA) is 61.8 Å². The van der Waals surface area contributed by atoms with E-state index in [1.54, 1.807) is 10.9 Å². The molecule has 0 aliphatic heterocycles. The molecule has 0 amide bonds. The molecular formula is C17H12BrN5S. The Kier molecular flexibility index (Phi) is 3.87. The van der Waals surface area contributed by atoms with Crippen molar-refractivity contribution in [2.45, 2.75) is 0 Å². The average Bonchev–Trinajstić information content (AvgIpc) is 3.16. The first-order valence-electron chi connectivity index (χ1n) is 7.26. The Morgan fingerprint density at radius 2 is 2.04 bits per heavy atom. The van der Waals surface area contributed by atoms with Gasteiger partial charge in [0.1, 0.15) is 0 Å². The first-order valence-corrected chi connectivity index (χ1v) is 8.46. The van der Waals surface area contributed by atoms with Crippen molar-refractivity contribution < 1.29 is 0 Å². The van der Waals surface area contributed by atoms with Gasteiger partial charge in [-0.05, 0) is 30.4 Å². The maximum atomic E-state index is 5.31. The van der Waals surface area contributed by atoms with Crippen LogP contribution in [-0.4, -0.2) is 26.1 Å². The number of H-pyrrole nitrogens is 2. The molecule has 2 aromatic heterocycles. The lowest BCUT2D eigenvalue weighted by molar-refractivity contribution is 0.872. The quantitative estimate of drug-likeness (QED) is 0.387. The highest BCUT2D eigenvalue weighted by Gasteiger charge is 2.08. The van der Waals surface area contributed by atoms with Crippen LogP contribution in [0.2, 0.25) is 0 Å². The number of aromatic amines is 2. The van der Waals surface area contributed by atoms with Crippen molar-refractivity contribution in [1.82, 2.24) is 19.9 Å². The van der Waals surface area contributed by atoms with Crippen LogP contribution in [0.4, 0.5) is 0 Å². The fourth-order valence-corrected chi connectivity index (χ4v) is 3.11. The molecule has 118 valence electrons. The number of para-hydroxylation sites is 1. The third-order valence-electron chi connectivity index (χ3n) is 3.67. The molecule has 4 aromatic rings. The van der Waals surface area contributed by atoms with Crippen LogP contribution in [0.5, 0.6) is 0 Å². The number of benzene rings is 2. The summed E-state index contributed by atoms with van der Waals surface area (Å²) in [5, 5.41) is 12.7. The van der Waals surface area contributed by atoms with Crippen LogP contribution in [0.25, 0.3) is 22.3 Å². The van der Waals surface area contributed by atoms with Crippen LogP contribution in [0.15, 0.2) is 64.3 Å². The van der Waals surface area contributed by atoms with Crippen LogP contribution >= 0.6 is 28.1 Å². The first kappa shape index (κ1) is 15.0. The lowest BCUT2D eigenvalue weighted by Gasteiger charge is -2.01. The van der Waals surface area contributed by atoms with Gasteiger partial charge < -0.3 is 4.98 Å². The summed E-state index contributed by atoms with van der Waals surface area (Å²) in [4.78, 5) is 3.23. The minimum absolute atomic E-state index is 0.445. The second kappa shape index (κ2) is 6.18. The highest BCUT2D eigenvalue weighted by Crippen LogP contribution is 2.22. The van der Waals surface area contributed by atoms with Crippen LogP contribution in [0.3, 0.4) is 0 Å². The molecule has 0 aliphatic rings. The fraction of sp³-hybridized carbons (Fsp3) is 0. The molecule has 2 N–H and O–H groups in total. The zero-order chi connectivity index (χ0) is 16.5. The third kappa shape index (κ3) is 2.72. The summed E-state index contributed by atoms with van der Waals surface area (Å²) in [7, 11) is 0. The highest BCUT2D eigenvalue weighted by atomic mass is 79.9.